The first-order valence-corrected chi connectivity index (χ1v) is 10.4. The summed E-state index contributed by atoms with van der Waals surface area (Å²) in [6.07, 6.45) is 0. The summed E-state index contributed by atoms with van der Waals surface area (Å²) in [5, 5.41) is 21.6. The van der Waals surface area contributed by atoms with Gasteiger partial charge >= 0.3 is 0 Å². The number of quaternary nitrogens is 2. The molecule has 5 N–H and O–H groups in total. The highest BCUT2D eigenvalue weighted by Crippen LogP contribution is 2.15. The molecule has 1 aromatic carbocycles. The molecule has 11 heteroatoms. The van der Waals surface area contributed by atoms with E-state index in [4.69, 9.17) is 21.8 Å². The quantitative estimate of drug-likeness (QED) is 0.271. The monoisotopic (exact) mass is 471 g/mol. The molecule has 0 saturated carbocycles. The normalized spacial score (nSPS) is 11.5. The minimum absolute atomic E-state index is 0.0569. The Hall–Kier alpha value is -2.50. The van der Waals surface area contributed by atoms with Crippen molar-refractivity contribution in [3.8, 4) is 0 Å². The third-order valence-corrected chi connectivity index (χ3v) is 4.48. The van der Waals surface area contributed by atoms with Gasteiger partial charge in [-0.3, -0.25) is 24.6 Å². The number of pyridine rings is 1. The number of hydrogen-bond acceptors (Lipinski definition) is 5. The van der Waals surface area contributed by atoms with Crippen molar-refractivity contribution >= 4 is 33.4 Å². The summed E-state index contributed by atoms with van der Waals surface area (Å²) in [4.78, 5) is 38.1. The summed E-state index contributed by atoms with van der Waals surface area (Å²) in [5.41, 5.74) is -1.34. The number of aromatic amines is 3. The van der Waals surface area contributed by atoms with Crippen molar-refractivity contribution in [1.29, 1.82) is 0 Å². The summed E-state index contributed by atoms with van der Waals surface area (Å²) < 4.78 is 1.69. The van der Waals surface area contributed by atoms with Crippen molar-refractivity contribution in [3.63, 3.8) is 0 Å². The van der Waals surface area contributed by atoms with Gasteiger partial charge in [0.05, 0.1) is 61.0 Å². The van der Waals surface area contributed by atoms with Gasteiger partial charge < -0.3 is 24.2 Å². The Morgan fingerprint density at radius 1 is 0.844 bits per heavy atom. The third-order valence-electron chi connectivity index (χ3n) is 4.25. The molecule has 178 valence electrons. The van der Waals surface area contributed by atoms with Crippen LogP contribution in [-0.2, 0) is 0 Å². The first-order chi connectivity index (χ1) is 14.7. The van der Waals surface area contributed by atoms with Crippen LogP contribution in [0.3, 0.4) is 0 Å². The Morgan fingerprint density at radius 3 is 1.78 bits per heavy atom. The second kappa shape index (κ2) is 11.4. The van der Waals surface area contributed by atoms with Gasteiger partial charge in [-0.2, -0.15) is 0 Å². The van der Waals surface area contributed by atoms with Gasteiger partial charge in [-0.05, 0) is 18.2 Å². The fourth-order valence-electron chi connectivity index (χ4n) is 2.49. The van der Waals surface area contributed by atoms with E-state index in [9.17, 15) is 14.4 Å². The number of likely N-dealkylation sites (N-methyl/N-ethyl adjacent to an activating group) is 2. The van der Waals surface area contributed by atoms with E-state index in [1.165, 1.54) is 12.1 Å². The average Bonchev–Trinajstić information content (AvgIpc) is 2.63. The fraction of sp³-hybridized carbons (Fsp3) is 0.476. The second-order valence-corrected chi connectivity index (χ2v) is 9.71. The average molecular weight is 472 g/mol. The molecule has 0 aliphatic carbocycles. The number of nitrogens with zero attached hydrogens (tertiary/aromatic N) is 2. The minimum atomic E-state index is -0.636. The Labute approximate surface area is 190 Å². The highest BCUT2D eigenvalue weighted by Gasteiger charge is 2.11. The summed E-state index contributed by atoms with van der Waals surface area (Å²) in [5.74, 6) is 0. The Morgan fingerprint density at radius 2 is 1.34 bits per heavy atom. The zero-order valence-electron chi connectivity index (χ0n) is 19.5. The van der Waals surface area contributed by atoms with Crippen molar-refractivity contribution in [1.82, 2.24) is 15.2 Å². The molecule has 10 nitrogen and oxygen atoms in total. The van der Waals surface area contributed by atoms with E-state index in [1.807, 2.05) is 0 Å². The van der Waals surface area contributed by atoms with Crippen molar-refractivity contribution in [2.24, 2.45) is 0 Å². The molecular formula is C21H34ClN5O5+2. The number of H-pyrrole nitrogens is 3. The number of hydrogen-bond donors (Lipinski definition) is 5. The van der Waals surface area contributed by atoms with E-state index in [1.54, 1.807) is 6.07 Å². The van der Waals surface area contributed by atoms with Gasteiger partial charge in [-0.1, -0.05) is 11.6 Å². The second-order valence-electron chi connectivity index (χ2n) is 9.28. The first kappa shape index (κ1) is 27.5. The maximum Gasteiger partial charge on any atom is 0.287 e. The Balaban J connectivity index is 0.000000305. The van der Waals surface area contributed by atoms with Crippen molar-refractivity contribution in [2.45, 2.75) is 0 Å². The van der Waals surface area contributed by atoms with Crippen LogP contribution in [0.2, 0.25) is 5.02 Å². The smallest absolute Gasteiger partial charge is 0.287 e. The topological polar surface area (TPSA) is 139 Å². The molecule has 0 unspecified atom stereocenters. The van der Waals surface area contributed by atoms with E-state index < -0.39 is 16.5 Å². The van der Waals surface area contributed by atoms with Crippen molar-refractivity contribution < 1.29 is 19.2 Å². The molecule has 0 fully saturated rings. The van der Waals surface area contributed by atoms with Gasteiger partial charge in [0, 0.05) is 10.4 Å². The van der Waals surface area contributed by atoms with Crippen LogP contribution in [0.15, 0.2) is 32.6 Å². The zero-order chi connectivity index (χ0) is 24.7. The number of aliphatic hydroxyl groups excluding tert-OH is 2. The van der Waals surface area contributed by atoms with Crippen molar-refractivity contribution in [3.05, 3.63) is 54.2 Å². The van der Waals surface area contributed by atoms with Crippen LogP contribution >= 0.6 is 11.6 Å². The molecule has 2 heterocycles. The van der Waals surface area contributed by atoms with E-state index in [2.05, 4.69) is 57.5 Å². The molecule has 0 aliphatic rings. The summed E-state index contributed by atoms with van der Waals surface area (Å²) >= 11 is 5.82. The zero-order valence-corrected chi connectivity index (χ0v) is 20.2. The van der Waals surface area contributed by atoms with Gasteiger partial charge in [0.15, 0.2) is 0 Å². The van der Waals surface area contributed by atoms with Gasteiger partial charge in [-0.15, -0.1) is 0 Å². The molecule has 3 rings (SSSR count). The molecule has 0 aliphatic heterocycles. The predicted octanol–water partition coefficient (Wildman–Crippen LogP) is 0.0811. The fourth-order valence-corrected chi connectivity index (χ4v) is 2.66. The first-order valence-electron chi connectivity index (χ1n) is 9.99. The number of halogens is 1. The lowest BCUT2D eigenvalue weighted by atomic mass is 10.1. The number of rotatable bonds is 4. The Kier molecular flexibility index (Phi) is 9.80. The van der Waals surface area contributed by atoms with E-state index in [0.29, 0.717) is 15.9 Å². The number of aromatic nitrogens is 3. The van der Waals surface area contributed by atoms with Crippen LogP contribution in [-0.4, -0.2) is 103 Å². The maximum atomic E-state index is 12.1. The lowest BCUT2D eigenvalue weighted by Crippen LogP contribution is -2.36. The molecule has 0 atom stereocenters. The van der Waals surface area contributed by atoms with Gasteiger partial charge in [0.2, 0.25) is 5.43 Å². The number of fused-ring (bicyclic) bond motifs is 2. The van der Waals surface area contributed by atoms with E-state index in [-0.39, 0.29) is 24.1 Å². The van der Waals surface area contributed by atoms with Crippen LogP contribution < -0.4 is 16.5 Å². The SMILES string of the molecule is C[N+](C)(C)CCO.C[N+](C)(C)CCO.O=c1[nH][nH]c(=O)c2c(=O)c3ccc(Cl)cc3[nH]c12. The molecule has 32 heavy (non-hydrogen) atoms. The largest absolute Gasteiger partial charge is 0.391 e. The summed E-state index contributed by atoms with van der Waals surface area (Å²) in [6, 6.07) is 4.58. The van der Waals surface area contributed by atoms with Crippen LogP contribution in [0.5, 0.6) is 0 Å². The maximum absolute atomic E-state index is 12.1. The number of nitrogens with one attached hydrogen (secondary N) is 3. The lowest BCUT2D eigenvalue weighted by molar-refractivity contribution is -0.870. The highest BCUT2D eigenvalue weighted by molar-refractivity contribution is 6.31. The third kappa shape index (κ3) is 8.56. The molecule has 0 bridgehead atoms. The van der Waals surface area contributed by atoms with Gasteiger partial charge in [-0.25, -0.2) is 0 Å². The highest BCUT2D eigenvalue weighted by atomic mass is 35.5. The standard InChI is InChI=1S/C11H6ClN3O3.2C5H14NO/c12-4-1-2-5-6(3-4)13-8-7(9(5)16)10(17)14-15-11(8)18;2*1-6(2,3)4-5-7/h1-3H,(H,13,16)(H,14,17)(H,15,18);2*7H,4-5H2,1-3H3/q;2*+1. The Bertz CT molecular complexity index is 1190. The molecular weight excluding hydrogens is 438 g/mol. The molecule has 0 spiro atoms. The van der Waals surface area contributed by atoms with E-state index in [0.717, 1.165) is 22.1 Å². The lowest BCUT2D eigenvalue weighted by Gasteiger charge is -2.21. The molecule has 0 radical (unpaired) electrons. The summed E-state index contributed by atoms with van der Waals surface area (Å²) in [7, 11) is 12.3. The molecule has 3 aromatic rings. The van der Waals surface area contributed by atoms with Crippen LogP contribution in [0, 0.1) is 0 Å². The number of aliphatic hydroxyl groups is 2. The van der Waals surface area contributed by atoms with Gasteiger partial charge in [0.1, 0.15) is 24.0 Å². The van der Waals surface area contributed by atoms with Crippen molar-refractivity contribution in [2.75, 3.05) is 68.6 Å². The summed E-state index contributed by atoms with van der Waals surface area (Å²) in [6.45, 7) is 2.23. The van der Waals surface area contributed by atoms with Crippen LogP contribution in [0.1, 0.15) is 0 Å². The number of benzene rings is 1. The molecule has 0 saturated heterocycles. The van der Waals surface area contributed by atoms with Crippen LogP contribution in [0.4, 0.5) is 0 Å². The molecule has 2 aromatic heterocycles. The van der Waals surface area contributed by atoms with E-state index >= 15 is 0 Å². The molecule has 0 amide bonds. The minimum Gasteiger partial charge on any atom is -0.391 e. The van der Waals surface area contributed by atoms with Gasteiger partial charge in [0.25, 0.3) is 11.1 Å². The predicted molar refractivity (Wildman–Crippen MR) is 128 cm³/mol. The van der Waals surface area contributed by atoms with Crippen LogP contribution in [0.25, 0.3) is 21.8 Å².